The Morgan fingerprint density at radius 2 is 1.90 bits per heavy atom. The number of anilines is 1. The maximum Gasteiger partial charge on any atom is 0.293 e. The van der Waals surface area contributed by atoms with Crippen LogP contribution in [-0.2, 0) is 19.5 Å². The molecule has 1 aromatic heterocycles. The number of carbonyl (C=O) groups excluding carboxylic acids is 1. The molecule has 1 amide bonds. The minimum atomic E-state index is -0.204. The SMILES string of the molecule is COc1cccc(CN2C[C@H]3Cc4nnc(C(=O)Nc5ccccc5)n4C[C@H]3C2)c1. The number of carbonyl (C=O) groups is 1. The predicted molar refractivity (Wildman–Crippen MR) is 113 cm³/mol. The van der Waals surface area contributed by atoms with Crippen molar-refractivity contribution in [1.29, 1.82) is 0 Å². The van der Waals surface area contributed by atoms with Crippen molar-refractivity contribution in [2.75, 3.05) is 25.5 Å². The van der Waals surface area contributed by atoms with E-state index < -0.39 is 0 Å². The Morgan fingerprint density at radius 1 is 1.07 bits per heavy atom. The predicted octanol–water partition coefficient (Wildman–Crippen LogP) is 2.84. The van der Waals surface area contributed by atoms with E-state index in [1.165, 1.54) is 5.56 Å². The van der Waals surface area contributed by atoms with Crippen LogP contribution >= 0.6 is 0 Å². The van der Waals surface area contributed by atoms with Gasteiger partial charge in [-0.25, -0.2) is 0 Å². The number of rotatable bonds is 5. The number of hydrogen-bond acceptors (Lipinski definition) is 5. The zero-order chi connectivity index (χ0) is 20.5. The maximum absolute atomic E-state index is 12.7. The molecule has 1 saturated heterocycles. The quantitative estimate of drug-likeness (QED) is 0.709. The number of aromatic nitrogens is 3. The zero-order valence-corrected chi connectivity index (χ0v) is 17.0. The summed E-state index contributed by atoms with van der Waals surface area (Å²) in [6, 6.07) is 17.7. The second-order valence-corrected chi connectivity index (χ2v) is 8.14. The molecule has 0 saturated carbocycles. The van der Waals surface area contributed by atoms with Gasteiger partial charge in [0.05, 0.1) is 7.11 Å². The first-order valence-electron chi connectivity index (χ1n) is 10.3. The van der Waals surface area contributed by atoms with Crippen LogP contribution in [0.2, 0.25) is 0 Å². The van der Waals surface area contributed by atoms with Crippen molar-refractivity contribution in [1.82, 2.24) is 19.7 Å². The molecule has 0 radical (unpaired) electrons. The molecule has 7 heteroatoms. The van der Waals surface area contributed by atoms with Gasteiger partial charge >= 0.3 is 0 Å². The van der Waals surface area contributed by atoms with Crippen LogP contribution in [0.25, 0.3) is 0 Å². The van der Waals surface area contributed by atoms with Gasteiger partial charge in [0.15, 0.2) is 0 Å². The monoisotopic (exact) mass is 403 g/mol. The van der Waals surface area contributed by atoms with Crippen LogP contribution in [0.1, 0.15) is 22.0 Å². The molecular weight excluding hydrogens is 378 g/mol. The highest BCUT2D eigenvalue weighted by atomic mass is 16.5. The Bertz CT molecular complexity index is 1050. The summed E-state index contributed by atoms with van der Waals surface area (Å²) in [7, 11) is 1.70. The minimum Gasteiger partial charge on any atom is -0.497 e. The van der Waals surface area contributed by atoms with Crippen LogP contribution in [0.15, 0.2) is 54.6 Å². The van der Waals surface area contributed by atoms with E-state index in [2.05, 4.69) is 32.5 Å². The molecule has 154 valence electrons. The van der Waals surface area contributed by atoms with Gasteiger partial charge in [0.25, 0.3) is 5.91 Å². The Morgan fingerprint density at radius 3 is 2.73 bits per heavy atom. The normalized spacial score (nSPS) is 20.4. The Hall–Kier alpha value is -3.19. The lowest BCUT2D eigenvalue weighted by Gasteiger charge is -2.25. The van der Waals surface area contributed by atoms with Gasteiger partial charge in [-0.15, -0.1) is 10.2 Å². The smallest absolute Gasteiger partial charge is 0.293 e. The van der Waals surface area contributed by atoms with Gasteiger partial charge in [-0.2, -0.15) is 0 Å². The van der Waals surface area contributed by atoms with E-state index in [9.17, 15) is 4.79 Å². The molecule has 2 atom stereocenters. The van der Waals surface area contributed by atoms with Crippen molar-refractivity contribution in [2.24, 2.45) is 11.8 Å². The van der Waals surface area contributed by atoms with E-state index in [4.69, 9.17) is 4.74 Å². The summed E-state index contributed by atoms with van der Waals surface area (Å²) < 4.78 is 7.36. The Kier molecular flexibility index (Phi) is 4.96. The number of benzene rings is 2. The topological polar surface area (TPSA) is 72.3 Å². The van der Waals surface area contributed by atoms with E-state index in [1.807, 2.05) is 47.0 Å². The number of para-hydroxylation sites is 1. The summed E-state index contributed by atoms with van der Waals surface area (Å²) >= 11 is 0. The number of methoxy groups -OCH3 is 1. The number of ether oxygens (including phenoxy) is 1. The standard InChI is InChI=1S/C23H25N5O2/c1-30-20-9-5-6-16(10-20)12-27-13-17-11-21-25-26-22(28(21)15-18(17)14-27)23(29)24-19-7-3-2-4-8-19/h2-10,17-18H,11-15H2,1H3,(H,24,29)/t17-,18-/m1/s1. The van der Waals surface area contributed by atoms with Crippen LogP contribution in [0.4, 0.5) is 5.69 Å². The summed E-state index contributed by atoms with van der Waals surface area (Å²) in [6.07, 6.45) is 0.866. The molecule has 7 nitrogen and oxygen atoms in total. The van der Waals surface area contributed by atoms with E-state index in [-0.39, 0.29) is 5.91 Å². The maximum atomic E-state index is 12.7. The van der Waals surface area contributed by atoms with Crippen LogP contribution in [-0.4, -0.2) is 45.8 Å². The van der Waals surface area contributed by atoms with Gasteiger partial charge in [0, 0.05) is 38.3 Å². The summed E-state index contributed by atoms with van der Waals surface area (Å²) in [4.78, 5) is 15.2. The molecule has 0 unspecified atom stereocenters. The van der Waals surface area contributed by atoms with E-state index >= 15 is 0 Å². The van der Waals surface area contributed by atoms with Crippen LogP contribution in [0, 0.1) is 11.8 Å². The third-order valence-corrected chi connectivity index (χ3v) is 6.12. The molecule has 2 aliphatic heterocycles. The molecule has 0 aliphatic carbocycles. The highest BCUT2D eigenvalue weighted by Crippen LogP contribution is 2.33. The van der Waals surface area contributed by atoms with Gasteiger partial charge in [0.2, 0.25) is 5.82 Å². The summed E-state index contributed by atoms with van der Waals surface area (Å²) in [6.45, 7) is 3.75. The molecule has 2 aliphatic rings. The Labute approximate surface area is 175 Å². The molecule has 1 N–H and O–H groups in total. The lowest BCUT2D eigenvalue weighted by Crippen LogP contribution is -2.31. The number of amides is 1. The van der Waals surface area contributed by atoms with E-state index in [0.29, 0.717) is 17.7 Å². The van der Waals surface area contributed by atoms with Gasteiger partial charge in [-0.05, 0) is 41.7 Å². The van der Waals surface area contributed by atoms with E-state index in [0.717, 1.165) is 49.9 Å². The number of likely N-dealkylation sites (tertiary alicyclic amines) is 1. The van der Waals surface area contributed by atoms with Crippen LogP contribution in [0.5, 0.6) is 5.75 Å². The Balaban J connectivity index is 1.27. The van der Waals surface area contributed by atoms with Crippen molar-refractivity contribution in [3.05, 3.63) is 71.8 Å². The molecule has 0 spiro atoms. The van der Waals surface area contributed by atoms with Crippen molar-refractivity contribution < 1.29 is 9.53 Å². The molecule has 5 rings (SSSR count). The van der Waals surface area contributed by atoms with Gasteiger partial charge in [-0.3, -0.25) is 9.69 Å². The first-order chi connectivity index (χ1) is 14.7. The van der Waals surface area contributed by atoms with Crippen molar-refractivity contribution >= 4 is 11.6 Å². The molecule has 30 heavy (non-hydrogen) atoms. The highest BCUT2D eigenvalue weighted by Gasteiger charge is 2.39. The fourth-order valence-electron chi connectivity index (χ4n) is 4.66. The first-order valence-corrected chi connectivity index (χ1v) is 10.3. The lowest BCUT2D eigenvalue weighted by atomic mass is 9.89. The van der Waals surface area contributed by atoms with Crippen LogP contribution < -0.4 is 10.1 Å². The third-order valence-electron chi connectivity index (χ3n) is 6.12. The molecule has 3 heterocycles. The van der Waals surface area contributed by atoms with Crippen LogP contribution in [0.3, 0.4) is 0 Å². The molecule has 0 bridgehead atoms. The number of hydrogen-bond donors (Lipinski definition) is 1. The average Bonchev–Trinajstić information content (AvgIpc) is 3.35. The van der Waals surface area contributed by atoms with Crippen molar-refractivity contribution in [3.63, 3.8) is 0 Å². The summed E-state index contributed by atoms with van der Waals surface area (Å²) in [5, 5.41) is 11.5. The van der Waals surface area contributed by atoms with Gasteiger partial charge < -0.3 is 14.6 Å². The summed E-state index contributed by atoms with van der Waals surface area (Å²) in [5.41, 5.74) is 2.02. The lowest BCUT2D eigenvalue weighted by molar-refractivity contribution is 0.100. The first kappa shape index (κ1) is 18.8. The molecule has 2 aromatic carbocycles. The van der Waals surface area contributed by atoms with Crippen molar-refractivity contribution in [3.8, 4) is 5.75 Å². The second-order valence-electron chi connectivity index (χ2n) is 8.14. The average molecular weight is 403 g/mol. The fraction of sp³-hybridized carbons (Fsp3) is 0.348. The van der Waals surface area contributed by atoms with Gasteiger partial charge in [-0.1, -0.05) is 30.3 Å². The number of fused-ring (bicyclic) bond motifs is 2. The zero-order valence-electron chi connectivity index (χ0n) is 17.0. The molecule has 3 aromatic rings. The minimum absolute atomic E-state index is 0.204. The van der Waals surface area contributed by atoms with E-state index in [1.54, 1.807) is 7.11 Å². The number of nitrogens with zero attached hydrogens (tertiary/aromatic N) is 4. The van der Waals surface area contributed by atoms with Crippen molar-refractivity contribution in [2.45, 2.75) is 19.5 Å². The number of nitrogens with one attached hydrogen (secondary N) is 1. The molecular formula is C23H25N5O2. The summed E-state index contributed by atoms with van der Waals surface area (Å²) in [5.74, 6) is 3.06. The largest absolute Gasteiger partial charge is 0.497 e. The third kappa shape index (κ3) is 3.68. The van der Waals surface area contributed by atoms with Gasteiger partial charge in [0.1, 0.15) is 11.6 Å². The molecule has 1 fully saturated rings. The second kappa shape index (κ2) is 7.91. The highest BCUT2D eigenvalue weighted by molar-refractivity contribution is 6.01. The fourth-order valence-corrected chi connectivity index (χ4v) is 4.66.